The summed E-state index contributed by atoms with van der Waals surface area (Å²) in [5.74, 6) is 1.88. The average Bonchev–Trinajstić information content (AvgIpc) is 2.58. The first-order chi connectivity index (χ1) is 7.58. The molecule has 1 saturated heterocycles. The fourth-order valence-electron chi connectivity index (χ4n) is 3.02. The summed E-state index contributed by atoms with van der Waals surface area (Å²) in [6.07, 6.45) is 4.16. The molecular weight excluding hydrogens is 236 g/mol. The Kier molecular flexibility index (Phi) is 5.26. The maximum Gasteiger partial charge on any atom is 0.225 e. The molecule has 0 spiro atoms. The molecule has 1 saturated carbocycles. The van der Waals surface area contributed by atoms with Gasteiger partial charge in [0.15, 0.2) is 0 Å². The van der Waals surface area contributed by atoms with E-state index in [0.29, 0.717) is 17.7 Å². The molecule has 17 heavy (non-hydrogen) atoms. The zero-order valence-electron chi connectivity index (χ0n) is 10.9. The van der Waals surface area contributed by atoms with Crippen LogP contribution in [-0.2, 0) is 4.79 Å². The minimum absolute atomic E-state index is 0. The van der Waals surface area contributed by atoms with Gasteiger partial charge in [-0.2, -0.15) is 0 Å². The Bertz CT molecular complexity index is 255. The molecule has 0 bridgehead atoms. The summed E-state index contributed by atoms with van der Waals surface area (Å²) in [6.45, 7) is 6.38. The van der Waals surface area contributed by atoms with Gasteiger partial charge in [-0.25, -0.2) is 0 Å². The van der Waals surface area contributed by atoms with E-state index in [1.807, 2.05) is 0 Å². The van der Waals surface area contributed by atoms with E-state index < -0.39 is 0 Å². The van der Waals surface area contributed by atoms with Crippen molar-refractivity contribution in [2.24, 2.45) is 23.5 Å². The van der Waals surface area contributed by atoms with Gasteiger partial charge in [-0.3, -0.25) is 4.79 Å². The summed E-state index contributed by atoms with van der Waals surface area (Å²) in [7, 11) is 0. The highest BCUT2D eigenvalue weighted by atomic mass is 35.5. The van der Waals surface area contributed by atoms with E-state index in [4.69, 9.17) is 5.73 Å². The van der Waals surface area contributed by atoms with Crippen LogP contribution in [-0.4, -0.2) is 29.9 Å². The van der Waals surface area contributed by atoms with Crippen molar-refractivity contribution in [2.75, 3.05) is 13.1 Å². The highest BCUT2D eigenvalue weighted by Gasteiger charge is 2.34. The number of hydrogen-bond acceptors (Lipinski definition) is 2. The number of nitrogens with two attached hydrogens (primary N) is 1. The van der Waals surface area contributed by atoms with Crippen molar-refractivity contribution < 1.29 is 4.79 Å². The van der Waals surface area contributed by atoms with Gasteiger partial charge >= 0.3 is 0 Å². The fraction of sp³-hybridized carbons (Fsp3) is 0.923. The average molecular weight is 261 g/mol. The monoisotopic (exact) mass is 260 g/mol. The van der Waals surface area contributed by atoms with Crippen molar-refractivity contribution in [1.29, 1.82) is 0 Å². The van der Waals surface area contributed by atoms with Gasteiger partial charge in [0.2, 0.25) is 5.91 Å². The molecule has 0 aromatic heterocycles. The van der Waals surface area contributed by atoms with Crippen LogP contribution < -0.4 is 5.73 Å². The fourth-order valence-corrected chi connectivity index (χ4v) is 3.02. The summed E-state index contributed by atoms with van der Waals surface area (Å²) < 4.78 is 0. The first-order valence-corrected chi connectivity index (χ1v) is 6.62. The molecular formula is C13H25ClN2O. The van der Waals surface area contributed by atoms with E-state index in [2.05, 4.69) is 18.7 Å². The molecule has 3 nitrogen and oxygen atoms in total. The zero-order valence-corrected chi connectivity index (χ0v) is 11.7. The highest BCUT2D eigenvalue weighted by Crippen LogP contribution is 2.29. The number of rotatable bonds is 1. The van der Waals surface area contributed by atoms with Crippen molar-refractivity contribution in [3.63, 3.8) is 0 Å². The molecule has 4 atom stereocenters. The van der Waals surface area contributed by atoms with Crippen molar-refractivity contribution in [1.82, 2.24) is 4.90 Å². The van der Waals surface area contributed by atoms with E-state index >= 15 is 0 Å². The summed E-state index contributed by atoms with van der Waals surface area (Å²) in [4.78, 5) is 14.4. The lowest BCUT2D eigenvalue weighted by Crippen LogP contribution is -2.39. The molecule has 0 radical (unpaired) electrons. The Morgan fingerprint density at radius 3 is 2.29 bits per heavy atom. The SMILES string of the molecule is CC1CN(C(=O)C2CCCC(N)C2)CC1C.Cl. The van der Waals surface area contributed by atoms with Crippen LogP contribution in [0.15, 0.2) is 0 Å². The molecule has 0 aromatic rings. The molecule has 2 fully saturated rings. The third-order valence-electron chi connectivity index (χ3n) is 4.36. The predicted octanol–water partition coefficient (Wildman–Crippen LogP) is 2.04. The van der Waals surface area contributed by atoms with E-state index in [9.17, 15) is 4.79 Å². The van der Waals surface area contributed by atoms with E-state index in [-0.39, 0.29) is 24.4 Å². The number of carbonyl (C=O) groups is 1. The Balaban J connectivity index is 0.00000144. The van der Waals surface area contributed by atoms with E-state index in [0.717, 1.165) is 38.8 Å². The molecule has 2 N–H and O–H groups in total. The quantitative estimate of drug-likeness (QED) is 0.784. The van der Waals surface area contributed by atoms with Crippen LogP contribution in [0.5, 0.6) is 0 Å². The van der Waals surface area contributed by atoms with Gasteiger partial charge in [0.1, 0.15) is 0 Å². The summed E-state index contributed by atoms with van der Waals surface area (Å²) >= 11 is 0. The molecule has 4 unspecified atom stereocenters. The molecule has 1 aliphatic heterocycles. The molecule has 2 aliphatic rings. The van der Waals surface area contributed by atoms with Gasteiger partial charge in [0.05, 0.1) is 0 Å². The lowest BCUT2D eigenvalue weighted by molar-refractivity contribution is -0.135. The molecule has 2 rings (SSSR count). The van der Waals surface area contributed by atoms with Crippen LogP contribution >= 0.6 is 12.4 Å². The largest absolute Gasteiger partial charge is 0.342 e. The van der Waals surface area contributed by atoms with Crippen LogP contribution in [0.3, 0.4) is 0 Å². The number of hydrogen-bond donors (Lipinski definition) is 1. The second-order valence-electron chi connectivity index (χ2n) is 5.82. The molecule has 1 amide bonds. The van der Waals surface area contributed by atoms with Crippen LogP contribution in [0.1, 0.15) is 39.5 Å². The number of halogens is 1. The van der Waals surface area contributed by atoms with Crippen molar-refractivity contribution in [3.8, 4) is 0 Å². The number of nitrogens with zero attached hydrogens (tertiary/aromatic N) is 1. The normalized spacial score (nSPS) is 37.7. The Morgan fingerprint density at radius 1 is 1.18 bits per heavy atom. The first kappa shape index (κ1) is 14.8. The van der Waals surface area contributed by atoms with Crippen molar-refractivity contribution >= 4 is 18.3 Å². The van der Waals surface area contributed by atoms with Gasteiger partial charge < -0.3 is 10.6 Å². The highest BCUT2D eigenvalue weighted by molar-refractivity contribution is 5.85. The molecule has 4 heteroatoms. The smallest absolute Gasteiger partial charge is 0.225 e. The predicted molar refractivity (Wildman–Crippen MR) is 72.1 cm³/mol. The standard InChI is InChI=1S/C13H24N2O.ClH/c1-9-7-15(8-10(9)2)13(16)11-4-3-5-12(14)6-11;/h9-12H,3-8,14H2,1-2H3;1H. The minimum Gasteiger partial charge on any atom is -0.342 e. The van der Waals surface area contributed by atoms with Gasteiger partial charge in [0.25, 0.3) is 0 Å². The number of amides is 1. The van der Waals surface area contributed by atoms with E-state index in [1.165, 1.54) is 0 Å². The maximum atomic E-state index is 12.3. The molecule has 100 valence electrons. The number of likely N-dealkylation sites (tertiary alicyclic amines) is 1. The maximum absolute atomic E-state index is 12.3. The summed E-state index contributed by atoms with van der Waals surface area (Å²) in [5, 5.41) is 0. The molecule has 1 heterocycles. The Labute approximate surface area is 111 Å². The second kappa shape index (κ2) is 6.05. The Morgan fingerprint density at radius 2 is 1.76 bits per heavy atom. The van der Waals surface area contributed by atoms with Crippen molar-refractivity contribution in [3.05, 3.63) is 0 Å². The van der Waals surface area contributed by atoms with Gasteiger partial charge in [0, 0.05) is 25.0 Å². The van der Waals surface area contributed by atoms with Crippen LogP contribution in [0.2, 0.25) is 0 Å². The lowest BCUT2D eigenvalue weighted by atomic mass is 9.85. The van der Waals surface area contributed by atoms with Gasteiger partial charge in [-0.05, 0) is 31.1 Å². The third kappa shape index (κ3) is 3.35. The van der Waals surface area contributed by atoms with Crippen LogP contribution in [0.4, 0.5) is 0 Å². The van der Waals surface area contributed by atoms with Crippen LogP contribution in [0.25, 0.3) is 0 Å². The van der Waals surface area contributed by atoms with Crippen molar-refractivity contribution in [2.45, 2.75) is 45.6 Å². The number of carbonyl (C=O) groups excluding carboxylic acids is 1. The summed E-state index contributed by atoms with van der Waals surface area (Å²) in [5.41, 5.74) is 5.95. The molecule has 1 aliphatic carbocycles. The van der Waals surface area contributed by atoms with E-state index in [1.54, 1.807) is 0 Å². The van der Waals surface area contributed by atoms with Gasteiger partial charge in [-0.1, -0.05) is 20.3 Å². The third-order valence-corrected chi connectivity index (χ3v) is 4.36. The van der Waals surface area contributed by atoms with Gasteiger partial charge in [-0.15, -0.1) is 12.4 Å². The second-order valence-corrected chi connectivity index (χ2v) is 5.82. The molecule has 0 aromatic carbocycles. The van der Waals surface area contributed by atoms with Crippen LogP contribution in [0, 0.1) is 17.8 Å². The zero-order chi connectivity index (χ0) is 11.7. The topological polar surface area (TPSA) is 46.3 Å². The first-order valence-electron chi connectivity index (χ1n) is 6.62. The minimum atomic E-state index is 0. The Hall–Kier alpha value is -0.280. The summed E-state index contributed by atoms with van der Waals surface area (Å²) in [6, 6.07) is 0.250. The lowest BCUT2D eigenvalue weighted by Gasteiger charge is -2.29.